The standard InChI is InChI=1S/C19H15F3N2O2/c1-12-17(18(26)19(20,21)22)14-9-5-6-10-15(14)24(12)11-16(25)23-13-7-3-2-4-8-13/h2-10H,11H2,1H3,(H,23,25). The van der Waals surface area contributed by atoms with Gasteiger partial charge in [-0.3, -0.25) is 9.59 Å². The number of hydrogen-bond donors (Lipinski definition) is 1. The Morgan fingerprint density at radius 1 is 1.00 bits per heavy atom. The van der Waals surface area contributed by atoms with Gasteiger partial charge < -0.3 is 9.88 Å². The van der Waals surface area contributed by atoms with Crippen molar-refractivity contribution >= 4 is 28.3 Å². The number of carbonyl (C=O) groups excluding carboxylic acids is 2. The predicted molar refractivity (Wildman–Crippen MR) is 92.1 cm³/mol. The van der Waals surface area contributed by atoms with Crippen molar-refractivity contribution in [3.05, 3.63) is 65.9 Å². The highest BCUT2D eigenvalue weighted by Gasteiger charge is 2.42. The molecular weight excluding hydrogens is 345 g/mol. The molecule has 7 heteroatoms. The number of halogens is 3. The van der Waals surface area contributed by atoms with Crippen LogP contribution in [0.15, 0.2) is 54.6 Å². The highest BCUT2D eigenvalue weighted by atomic mass is 19.4. The molecule has 0 spiro atoms. The Labute approximate surface area is 147 Å². The van der Waals surface area contributed by atoms with E-state index in [0.29, 0.717) is 11.2 Å². The van der Waals surface area contributed by atoms with Gasteiger partial charge in [0.1, 0.15) is 6.54 Å². The van der Waals surface area contributed by atoms with Crippen LogP contribution in [0.25, 0.3) is 10.9 Å². The monoisotopic (exact) mass is 360 g/mol. The summed E-state index contributed by atoms with van der Waals surface area (Å²) < 4.78 is 40.3. The van der Waals surface area contributed by atoms with Crippen LogP contribution in [0.4, 0.5) is 18.9 Å². The van der Waals surface area contributed by atoms with Crippen molar-refractivity contribution in [2.45, 2.75) is 19.6 Å². The number of aromatic nitrogens is 1. The van der Waals surface area contributed by atoms with Gasteiger partial charge in [0.25, 0.3) is 5.78 Å². The van der Waals surface area contributed by atoms with Crippen molar-refractivity contribution in [3.8, 4) is 0 Å². The summed E-state index contributed by atoms with van der Waals surface area (Å²) >= 11 is 0. The smallest absolute Gasteiger partial charge is 0.335 e. The van der Waals surface area contributed by atoms with Gasteiger partial charge in [-0.15, -0.1) is 0 Å². The van der Waals surface area contributed by atoms with Crippen LogP contribution >= 0.6 is 0 Å². The number of carbonyl (C=O) groups is 2. The minimum Gasteiger partial charge on any atom is -0.335 e. The zero-order chi connectivity index (χ0) is 18.9. The zero-order valence-corrected chi connectivity index (χ0v) is 13.8. The van der Waals surface area contributed by atoms with Crippen LogP contribution in [-0.2, 0) is 11.3 Å². The van der Waals surface area contributed by atoms with Gasteiger partial charge in [-0.1, -0.05) is 36.4 Å². The molecule has 0 radical (unpaired) electrons. The first-order valence-electron chi connectivity index (χ1n) is 7.83. The summed E-state index contributed by atoms with van der Waals surface area (Å²) in [5, 5.41) is 2.86. The molecule has 134 valence electrons. The molecule has 0 bridgehead atoms. The Kier molecular flexibility index (Phi) is 4.54. The molecule has 0 aliphatic rings. The SMILES string of the molecule is Cc1c(C(=O)C(F)(F)F)c2ccccc2n1CC(=O)Nc1ccccc1. The summed E-state index contributed by atoms with van der Waals surface area (Å²) in [5.74, 6) is -2.31. The van der Waals surface area contributed by atoms with E-state index in [1.165, 1.54) is 17.6 Å². The fraction of sp³-hybridized carbons (Fsp3) is 0.158. The fourth-order valence-electron chi connectivity index (χ4n) is 2.93. The van der Waals surface area contributed by atoms with Gasteiger partial charge in [-0.25, -0.2) is 0 Å². The number of nitrogens with zero attached hydrogens (tertiary/aromatic N) is 1. The zero-order valence-electron chi connectivity index (χ0n) is 13.8. The van der Waals surface area contributed by atoms with E-state index in [9.17, 15) is 22.8 Å². The first kappa shape index (κ1) is 17.7. The maximum absolute atomic E-state index is 13.0. The molecule has 0 saturated carbocycles. The third-order valence-electron chi connectivity index (χ3n) is 4.07. The highest BCUT2D eigenvalue weighted by molar-refractivity contribution is 6.12. The average Bonchev–Trinajstić information content (AvgIpc) is 2.86. The molecule has 0 unspecified atom stereocenters. The molecule has 4 nitrogen and oxygen atoms in total. The van der Waals surface area contributed by atoms with E-state index in [0.717, 1.165) is 0 Å². The summed E-state index contributed by atoms with van der Waals surface area (Å²) in [4.78, 5) is 24.2. The lowest BCUT2D eigenvalue weighted by Gasteiger charge is -2.10. The second kappa shape index (κ2) is 6.67. The van der Waals surface area contributed by atoms with Crippen molar-refractivity contribution in [1.29, 1.82) is 0 Å². The quantitative estimate of drug-likeness (QED) is 0.704. The normalized spacial score (nSPS) is 11.5. The number of ketones is 1. The minimum atomic E-state index is -4.98. The average molecular weight is 360 g/mol. The molecule has 0 saturated heterocycles. The number of anilines is 1. The van der Waals surface area contributed by atoms with Gasteiger partial charge in [0.15, 0.2) is 0 Å². The van der Waals surface area contributed by atoms with Gasteiger partial charge in [0, 0.05) is 22.3 Å². The number of nitrogens with one attached hydrogen (secondary N) is 1. The van der Waals surface area contributed by atoms with Crippen LogP contribution in [0.2, 0.25) is 0 Å². The number of hydrogen-bond acceptors (Lipinski definition) is 2. The van der Waals surface area contributed by atoms with E-state index >= 15 is 0 Å². The summed E-state index contributed by atoms with van der Waals surface area (Å²) in [6.45, 7) is 1.21. The lowest BCUT2D eigenvalue weighted by Crippen LogP contribution is -2.24. The molecule has 0 aliphatic heterocycles. The highest BCUT2D eigenvalue weighted by Crippen LogP contribution is 2.31. The number of fused-ring (bicyclic) bond motifs is 1. The fourth-order valence-corrected chi connectivity index (χ4v) is 2.93. The van der Waals surface area contributed by atoms with Gasteiger partial charge in [0.05, 0.1) is 5.56 Å². The van der Waals surface area contributed by atoms with E-state index in [2.05, 4.69) is 5.32 Å². The molecule has 1 N–H and O–H groups in total. The van der Waals surface area contributed by atoms with E-state index < -0.39 is 23.4 Å². The van der Waals surface area contributed by atoms with Gasteiger partial charge in [-0.05, 0) is 25.1 Å². The number of Topliss-reactive ketones (excluding diaryl/α,β-unsaturated/α-hetero) is 1. The van der Waals surface area contributed by atoms with Crippen molar-refractivity contribution in [1.82, 2.24) is 4.57 Å². The molecule has 0 fully saturated rings. The van der Waals surface area contributed by atoms with Crippen molar-refractivity contribution in [2.75, 3.05) is 5.32 Å². The molecule has 0 atom stereocenters. The second-order valence-electron chi connectivity index (χ2n) is 5.80. The summed E-state index contributed by atoms with van der Waals surface area (Å²) in [6, 6.07) is 15.0. The Hall–Kier alpha value is -3.09. The third kappa shape index (κ3) is 3.33. The number of rotatable bonds is 4. The van der Waals surface area contributed by atoms with E-state index in [1.807, 2.05) is 0 Å². The minimum absolute atomic E-state index is 0.108. The number of para-hydroxylation sites is 2. The maximum atomic E-state index is 13.0. The summed E-state index contributed by atoms with van der Waals surface area (Å²) in [6.07, 6.45) is -4.98. The lowest BCUT2D eigenvalue weighted by molar-refractivity contribution is -0.116. The topological polar surface area (TPSA) is 51.1 Å². The third-order valence-corrected chi connectivity index (χ3v) is 4.07. The first-order chi connectivity index (χ1) is 12.3. The molecule has 1 aromatic heterocycles. The largest absolute Gasteiger partial charge is 0.454 e. The summed E-state index contributed by atoms with van der Waals surface area (Å²) in [7, 11) is 0. The molecule has 3 aromatic rings. The van der Waals surface area contributed by atoms with Crippen LogP contribution < -0.4 is 5.32 Å². The molecule has 1 amide bonds. The van der Waals surface area contributed by atoms with Crippen LogP contribution in [-0.4, -0.2) is 22.4 Å². The number of amides is 1. The lowest BCUT2D eigenvalue weighted by atomic mass is 10.1. The predicted octanol–water partition coefficient (Wildman–Crippen LogP) is 4.33. The van der Waals surface area contributed by atoms with Crippen molar-refractivity contribution < 1.29 is 22.8 Å². The Bertz CT molecular complexity index is 976. The van der Waals surface area contributed by atoms with E-state index in [4.69, 9.17) is 0 Å². The van der Waals surface area contributed by atoms with E-state index in [1.54, 1.807) is 48.5 Å². The molecular formula is C19H15F3N2O2. The van der Waals surface area contributed by atoms with Crippen LogP contribution in [0, 0.1) is 6.92 Å². The molecule has 3 rings (SSSR count). The van der Waals surface area contributed by atoms with Gasteiger partial charge in [-0.2, -0.15) is 13.2 Å². The van der Waals surface area contributed by atoms with Gasteiger partial charge >= 0.3 is 6.18 Å². The Morgan fingerprint density at radius 2 is 1.62 bits per heavy atom. The van der Waals surface area contributed by atoms with Crippen molar-refractivity contribution in [3.63, 3.8) is 0 Å². The van der Waals surface area contributed by atoms with Crippen LogP contribution in [0.1, 0.15) is 16.1 Å². The van der Waals surface area contributed by atoms with Gasteiger partial charge in [0.2, 0.25) is 5.91 Å². The molecule has 2 aromatic carbocycles. The maximum Gasteiger partial charge on any atom is 0.454 e. The number of alkyl halides is 3. The van der Waals surface area contributed by atoms with E-state index in [-0.39, 0.29) is 17.6 Å². The van der Waals surface area contributed by atoms with Crippen molar-refractivity contribution in [2.24, 2.45) is 0 Å². The molecule has 1 heterocycles. The summed E-state index contributed by atoms with van der Waals surface area (Å²) in [5.41, 5.74) is 0.677. The number of benzene rings is 2. The first-order valence-corrected chi connectivity index (χ1v) is 7.83. The molecule has 0 aliphatic carbocycles. The second-order valence-corrected chi connectivity index (χ2v) is 5.80. The van der Waals surface area contributed by atoms with Crippen LogP contribution in [0.3, 0.4) is 0 Å². The Morgan fingerprint density at radius 3 is 2.27 bits per heavy atom. The molecule has 26 heavy (non-hydrogen) atoms. The Balaban J connectivity index is 2.00. The van der Waals surface area contributed by atoms with Crippen LogP contribution in [0.5, 0.6) is 0 Å².